The number of pyridine rings is 1. The first-order valence-corrected chi connectivity index (χ1v) is 9.25. The van der Waals surface area contributed by atoms with Gasteiger partial charge in [-0.2, -0.15) is 0 Å². The Labute approximate surface area is 145 Å². The van der Waals surface area contributed by atoms with Crippen molar-refractivity contribution >= 4 is 0 Å². The maximum atomic E-state index is 4.55. The Bertz CT molecular complexity index is 643. The van der Waals surface area contributed by atoms with Gasteiger partial charge in [0.2, 0.25) is 0 Å². The van der Waals surface area contributed by atoms with Crippen LogP contribution in [-0.4, -0.2) is 40.0 Å². The molecule has 1 unspecified atom stereocenters. The Balaban J connectivity index is 1.46. The lowest BCUT2D eigenvalue weighted by Crippen LogP contribution is -2.55. The molecule has 3 nitrogen and oxygen atoms in total. The van der Waals surface area contributed by atoms with E-state index >= 15 is 0 Å². The lowest BCUT2D eigenvalue weighted by Gasteiger charge is -2.46. The molecular weight excluding hydrogens is 294 g/mol. The molecule has 0 aliphatic carbocycles. The number of hydrogen-bond acceptors (Lipinski definition) is 3. The minimum absolute atomic E-state index is 0.366. The van der Waals surface area contributed by atoms with E-state index in [0.717, 1.165) is 13.1 Å². The van der Waals surface area contributed by atoms with Crippen LogP contribution in [0.1, 0.15) is 36.9 Å². The topological polar surface area (TPSA) is 19.4 Å². The van der Waals surface area contributed by atoms with Crippen molar-refractivity contribution in [1.82, 2.24) is 14.8 Å². The van der Waals surface area contributed by atoms with Crippen LogP contribution in [0.5, 0.6) is 0 Å². The Hall–Kier alpha value is -1.71. The third kappa shape index (κ3) is 3.38. The zero-order chi connectivity index (χ0) is 16.2. The minimum Gasteiger partial charge on any atom is -0.297 e. The summed E-state index contributed by atoms with van der Waals surface area (Å²) >= 11 is 0. The summed E-state index contributed by atoms with van der Waals surface area (Å²) in [6.45, 7) is 5.73. The molecule has 2 aliphatic heterocycles. The molecule has 2 aliphatic rings. The molecule has 4 rings (SSSR count). The van der Waals surface area contributed by atoms with E-state index in [2.05, 4.69) is 57.2 Å². The minimum atomic E-state index is 0.366. The van der Waals surface area contributed by atoms with Gasteiger partial charge in [-0.25, -0.2) is 0 Å². The van der Waals surface area contributed by atoms with Crippen molar-refractivity contribution in [2.24, 2.45) is 0 Å². The first kappa shape index (κ1) is 15.8. The van der Waals surface area contributed by atoms with Gasteiger partial charge in [-0.3, -0.25) is 14.8 Å². The zero-order valence-corrected chi connectivity index (χ0v) is 14.4. The lowest BCUT2D eigenvalue weighted by atomic mass is 9.86. The highest BCUT2D eigenvalue weighted by Crippen LogP contribution is 2.38. The van der Waals surface area contributed by atoms with Crippen LogP contribution in [0.25, 0.3) is 0 Å². The molecular formula is C21H27N3. The molecule has 24 heavy (non-hydrogen) atoms. The summed E-state index contributed by atoms with van der Waals surface area (Å²) in [5, 5.41) is 0. The SMILES string of the molecule is c1ccc(CN2CCCC3(CCCN3Cc3ccccn3)C2)cc1. The third-order valence-electron chi connectivity index (χ3n) is 5.70. The van der Waals surface area contributed by atoms with Crippen LogP contribution in [0.15, 0.2) is 54.7 Å². The molecule has 0 radical (unpaired) electrons. The second-order valence-corrected chi connectivity index (χ2v) is 7.37. The summed E-state index contributed by atoms with van der Waals surface area (Å²) in [6.07, 6.45) is 7.23. The summed E-state index contributed by atoms with van der Waals surface area (Å²) < 4.78 is 0. The van der Waals surface area contributed by atoms with Gasteiger partial charge in [-0.1, -0.05) is 36.4 Å². The van der Waals surface area contributed by atoms with Crippen LogP contribution in [0.4, 0.5) is 0 Å². The highest BCUT2D eigenvalue weighted by Gasteiger charge is 2.43. The van der Waals surface area contributed by atoms with Gasteiger partial charge in [0.05, 0.1) is 5.69 Å². The molecule has 0 bridgehead atoms. The summed E-state index contributed by atoms with van der Waals surface area (Å²) in [6, 6.07) is 17.2. The van der Waals surface area contributed by atoms with Crippen LogP contribution in [0.3, 0.4) is 0 Å². The Kier molecular flexibility index (Phi) is 4.63. The highest BCUT2D eigenvalue weighted by atomic mass is 15.3. The van der Waals surface area contributed by atoms with Crippen molar-refractivity contribution in [2.75, 3.05) is 19.6 Å². The van der Waals surface area contributed by atoms with Crippen LogP contribution < -0.4 is 0 Å². The molecule has 2 aromatic rings. The Morgan fingerprint density at radius 2 is 1.67 bits per heavy atom. The van der Waals surface area contributed by atoms with Crippen LogP contribution in [0.2, 0.25) is 0 Å². The average Bonchev–Trinajstić information content (AvgIpc) is 2.98. The number of rotatable bonds is 4. The van der Waals surface area contributed by atoms with E-state index in [1.54, 1.807) is 0 Å². The number of nitrogens with zero attached hydrogens (tertiary/aromatic N) is 3. The number of likely N-dealkylation sites (tertiary alicyclic amines) is 2. The predicted octanol–water partition coefficient (Wildman–Crippen LogP) is 3.71. The van der Waals surface area contributed by atoms with E-state index in [9.17, 15) is 0 Å². The fraction of sp³-hybridized carbons (Fsp3) is 0.476. The number of aromatic nitrogens is 1. The summed E-state index contributed by atoms with van der Waals surface area (Å²) in [5.74, 6) is 0. The monoisotopic (exact) mass is 321 g/mol. The Morgan fingerprint density at radius 3 is 2.46 bits per heavy atom. The number of hydrogen-bond donors (Lipinski definition) is 0. The van der Waals surface area contributed by atoms with Crippen molar-refractivity contribution in [1.29, 1.82) is 0 Å². The molecule has 0 saturated carbocycles. The van der Waals surface area contributed by atoms with Crippen molar-refractivity contribution in [3.8, 4) is 0 Å². The molecule has 0 N–H and O–H groups in total. The lowest BCUT2D eigenvalue weighted by molar-refractivity contribution is 0.0321. The molecule has 1 spiro atoms. The maximum Gasteiger partial charge on any atom is 0.0544 e. The van der Waals surface area contributed by atoms with E-state index in [-0.39, 0.29) is 0 Å². The van der Waals surface area contributed by atoms with Crippen molar-refractivity contribution < 1.29 is 0 Å². The average molecular weight is 321 g/mol. The predicted molar refractivity (Wildman–Crippen MR) is 97.6 cm³/mol. The van der Waals surface area contributed by atoms with E-state index in [0.29, 0.717) is 5.54 Å². The first-order chi connectivity index (χ1) is 11.8. The van der Waals surface area contributed by atoms with E-state index in [1.165, 1.54) is 56.6 Å². The molecule has 2 saturated heterocycles. The van der Waals surface area contributed by atoms with Crippen molar-refractivity contribution in [3.63, 3.8) is 0 Å². The maximum absolute atomic E-state index is 4.55. The van der Waals surface area contributed by atoms with Gasteiger partial charge >= 0.3 is 0 Å². The molecule has 2 fully saturated rings. The number of benzene rings is 1. The molecule has 1 atom stereocenters. The second-order valence-electron chi connectivity index (χ2n) is 7.37. The van der Waals surface area contributed by atoms with Gasteiger partial charge in [0.15, 0.2) is 0 Å². The summed E-state index contributed by atoms with van der Waals surface area (Å²) in [7, 11) is 0. The van der Waals surface area contributed by atoms with Gasteiger partial charge in [0, 0.05) is 31.4 Å². The normalized spacial score (nSPS) is 25.3. The van der Waals surface area contributed by atoms with Gasteiger partial charge in [0.25, 0.3) is 0 Å². The van der Waals surface area contributed by atoms with E-state index in [1.807, 2.05) is 12.3 Å². The zero-order valence-electron chi connectivity index (χ0n) is 14.4. The quantitative estimate of drug-likeness (QED) is 0.856. The van der Waals surface area contributed by atoms with E-state index < -0.39 is 0 Å². The highest BCUT2D eigenvalue weighted by molar-refractivity contribution is 5.15. The van der Waals surface area contributed by atoms with Gasteiger partial charge in [-0.15, -0.1) is 0 Å². The third-order valence-corrected chi connectivity index (χ3v) is 5.70. The van der Waals surface area contributed by atoms with Crippen LogP contribution in [-0.2, 0) is 13.1 Å². The van der Waals surface area contributed by atoms with Crippen molar-refractivity contribution in [2.45, 2.75) is 44.3 Å². The summed E-state index contributed by atoms with van der Waals surface area (Å²) in [4.78, 5) is 9.93. The van der Waals surface area contributed by atoms with Crippen molar-refractivity contribution in [3.05, 3.63) is 66.0 Å². The van der Waals surface area contributed by atoms with Crippen LogP contribution in [0, 0.1) is 0 Å². The molecule has 1 aromatic carbocycles. The van der Waals surface area contributed by atoms with Gasteiger partial charge in [0.1, 0.15) is 0 Å². The largest absolute Gasteiger partial charge is 0.297 e. The molecule has 0 amide bonds. The summed E-state index contributed by atoms with van der Waals surface area (Å²) in [5.41, 5.74) is 3.01. The Morgan fingerprint density at radius 1 is 0.875 bits per heavy atom. The van der Waals surface area contributed by atoms with E-state index in [4.69, 9.17) is 0 Å². The standard InChI is InChI=1S/C21H27N3/c1-2-8-19(9-3-1)16-23-14-6-11-21(18-23)12-7-15-24(21)17-20-10-4-5-13-22-20/h1-5,8-10,13H,6-7,11-12,14-18H2. The van der Waals surface area contributed by atoms with Gasteiger partial charge in [-0.05, 0) is 56.5 Å². The smallest absolute Gasteiger partial charge is 0.0544 e. The fourth-order valence-corrected chi connectivity index (χ4v) is 4.57. The van der Waals surface area contributed by atoms with Crippen LogP contribution >= 0.6 is 0 Å². The van der Waals surface area contributed by atoms with Gasteiger partial charge < -0.3 is 0 Å². The molecule has 126 valence electrons. The molecule has 1 aromatic heterocycles. The number of piperidine rings is 1. The first-order valence-electron chi connectivity index (χ1n) is 9.25. The molecule has 3 heterocycles. The second kappa shape index (κ2) is 7.04. The molecule has 3 heteroatoms. The fourth-order valence-electron chi connectivity index (χ4n) is 4.57.